The highest BCUT2D eigenvalue weighted by atomic mass is 32.1. The van der Waals surface area contributed by atoms with Crippen molar-refractivity contribution >= 4 is 27.4 Å². The fourth-order valence-electron chi connectivity index (χ4n) is 2.88. The number of thiophene rings is 1. The van der Waals surface area contributed by atoms with Crippen molar-refractivity contribution in [3.8, 4) is 0 Å². The average molecular weight is 290 g/mol. The Kier molecular flexibility index (Phi) is 4.17. The van der Waals surface area contributed by atoms with E-state index < -0.39 is 0 Å². The van der Waals surface area contributed by atoms with E-state index in [0.717, 1.165) is 43.4 Å². The van der Waals surface area contributed by atoms with Gasteiger partial charge in [-0.3, -0.25) is 0 Å². The molecule has 1 saturated heterocycles. The zero-order valence-corrected chi connectivity index (χ0v) is 13.0. The van der Waals surface area contributed by atoms with Gasteiger partial charge in [-0.05, 0) is 49.7 Å². The van der Waals surface area contributed by atoms with Gasteiger partial charge in [-0.2, -0.15) is 0 Å². The first kappa shape index (κ1) is 13.8. The molecule has 20 heavy (non-hydrogen) atoms. The Labute approximate surface area is 124 Å². The van der Waals surface area contributed by atoms with Gasteiger partial charge in [0.25, 0.3) is 0 Å². The van der Waals surface area contributed by atoms with E-state index in [1.807, 2.05) is 0 Å². The van der Waals surface area contributed by atoms with Crippen molar-refractivity contribution in [3.05, 3.63) is 17.3 Å². The van der Waals surface area contributed by atoms with Crippen LogP contribution < -0.4 is 10.2 Å². The molecular weight excluding hydrogens is 268 g/mol. The van der Waals surface area contributed by atoms with Crippen molar-refractivity contribution in [2.75, 3.05) is 31.1 Å². The summed E-state index contributed by atoms with van der Waals surface area (Å²) in [5.41, 5.74) is 2.38. The van der Waals surface area contributed by atoms with Crippen LogP contribution in [0.3, 0.4) is 0 Å². The largest absolute Gasteiger partial charge is 0.355 e. The van der Waals surface area contributed by atoms with Crippen molar-refractivity contribution in [3.63, 3.8) is 0 Å². The minimum Gasteiger partial charge on any atom is -0.355 e. The predicted molar refractivity (Wildman–Crippen MR) is 85.6 cm³/mol. The number of hydrogen-bond acceptors (Lipinski definition) is 5. The Morgan fingerprint density at radius 3 is 2.90 bits per heavy atom. The lowest BCUT2D eigenvalue weighted by Gasteiger charge is -2.33. The number of aromatic nitrogens is 2. The highest BCUT2D eigenvalue weighted by Crippen LogP contribution is 2.32. The molecule has 0 saturated carbocycles. The quantitative estimate of drug-likeness (QED) is 0.940. The molecular formula is C15H22N4S. The SMILES string of the molecule is CCNCC1CCN(c2ncnc3c(C)csc23)CC1. The number of nitrogens with one attached hydrogen (secondary N) is 1. The molecule has 0 aliphatic carbocycles. The third-order valence-electron chi connectivity index (χ3n) is 4.11. The van der Waals surface area contributed by atoms with Gasteiger partial charge in [0.15, 0.2) is 0 Å². The van der Waals surface area contributed by atoms with Crippen LogP contribution in [0.5, 0.6) is 0 Å². The minimum absolute atomic E-state index is 0.814. The second kappa shape index (κ2) is 6.06. The van der Waals surface area contributed by atoms with E-state index >= 15 is 0 Å². The molecule has 0 radical (unpaired) electrons. The molecule has 108 valence electrons. The molecule has 2 aromatic rings. The van der Waals surface area contributed by atoms with Crippen LogP contribution in [0.4, 0.5) is 5.82 Å². The summed E-state index contributed by atoms with van der Waals surface area (Å²) in [6.07, 6.45) is 4.22. The minimum atomic E-state index is 0.814. The fraction of sp³-hybridized carbons (Fsp3) is 0.600. The number of rotatable bonds is 4. The molecule has 0 atom stereocenters. The molecule has 1 fully saturated rings. The summed E-state index contributed by atoms with van der Waals surface area (Å²) in [5.74, 6) is 1.95. The molecule has 0 unspecified atom stereocenters. The van der Waals surface area contributed by atoms with Crippen molar-refractivity contribution in [2.24, 2.45) is 5.92 Å². The van der Waals surface area contributed by atoms with Gasteiger partial charge in [-0.25, -0.2) is 9.97 Å². The second-order valence-electron chi connectivity index (χ2n) is 5.53. The van der Waals surface area contributed by atoms with Gasteiger partial charge in [0.1, 0.15) is 12.1 Å². The number of fused-ring (bicyclic) bond motifs is 1. The van der Waals surface area contributed by atoms with Gasteiger partial charge in [-0.1, -0.05) is 6.92 Å². The normalized spacial score (nSPS) is 17.0. The number of hydrogen-bond donors (Lipinski definition) is 1. The monoisotopic (exact) mass is 290 g/mol. The van der Waals surface area contributed by atoms with Crippen LogP contribution in [0.1, 0.15) is 25.3 Å². The molecule has 2 aromatic heterocycles. The topological polar surface area (TPSA) is 41.0 Å². The zero-order valence-electron chi connectivity index (χ0n) is 12.2. The van der Waals surface area contributed by atoms with E-state index in [1.54, 1.807) is 17.7 Å². The van der Waals surface area contributed by atoms with Crippen molar-refractivity contribution < 1.29 is 0 Å². The van der Waals surface area contributed by atoms with Crippen LogP contribution in [0.2, 0.25) is 0 Å². The van der Waals surface area contributed by atoms with Gasteiger partial charge >= 0.3 is 0 Å². The summed E-state index contributed by atoms with van der Waals surface area (Å²) in [6.45, 7) is 8.74. The van der Waals surface area contributed by atoms with Crippen molar-refractivity contribution in [2.45, 2.75) is 26.7 Å². The van der Waals surface area contributed by atoms with E-state index in [1.165, 1.54) is 23.1 Å². The number of anilines is 1. The lowest BCUT2D eigenvalue weighted by molar-refractivity contribution is 0.386. The third-order valence-corrected chi connectivity index (χ3v) is 5.19. The maximum atomic E-state index is 4.54. The Balaban J connectivity index is 1.73. The van der Waals surface area contributed by atoms with Gasteiger partial charge < -0.3 is 10.2 Å². The van der Waals surface area contributed by atoms with Crippen LogP contribution >= 0.6 is 11.3 Å². The highest BCUT2D eigenvalue weighted by molar-refractivity contribution is 7.18. The number of piperidine rings is 1. The van der Waals surface area contributed by atoms with Crippen LogP contribution in [0.15, 0.2) is 11.7 Å². The molecule has 4 nitrogen and oxygen atoms in total. The molecule has 0 aromatic carbocycles. The van der Waals surface area contributed by atoms with Gasteiger partial charge in [0.2, 0.25) is 0 Å². The maximum absolute atomic E-state index is 4.54. The van der Waals surface area contributed by atoms with Crippen molar-refractivity contribution in [1.29, 1.82) is 0 Å². The summed E-state index contributed by atoms with van der Waals surface area (Å²) < 4.78 is 1.25. The van der Waals surface area contributed by atoms with E-state index in [4.69, 9.17) is 0 Å². The first-order chi connectivity index (χ1) is 9.79. The number of nitrogens with zero attached hydrogens (tertiary/aromatic N) is 3. The zero-order chi connectivity index (χ0) is 13.9. The lowest BCUT2D eigenvalue weighted by atomic mass is 9.97. The molecule has 3 heterocycles. The molecule has 0 amide bonds. The fourth-order valence-corrected chi connectivity index (χ4v) is 3.90. The van der Waals surface area contributed by atoms with Crippen LogP contribution in [-0.2, 0) is 0 Å². The molecule has 1 aliphatic rings. The standard InChI is InChI=1S/C15H22N4S/c1-3-16-8-12-4-6-19(7-5-12)15-14-13(17-10-18-15)11(2)9-20-14/h9-10,12,16H,3-8H2,1-2H3. The summed E-state index contributed by atoms with van der Waals surface area (Å²) in [7, 11) is 0. The highest BCUT2D eigenvalue weighted by Gasteiger charge is 2.22. The van der Waals surface area contributed by atoms with E-state index in [2.05, 4.69) is 39.4 Å². The molecule has 0 bridgehead atoms. The second-order valence-corrected chi connectivity index (χ2v) is 6.41. The molecule has 3 rings (SSSR count). The Morgan fingerprint density at radius 2 is 2.15 bits per heavy atom. The molecule has 0 spiro atoms. The first-order valence-corrected chi connectivity index (χ1v) is 8.32. The Hall–Kier alpha value is -1.20. The van der Waals surface area contributed by atoms with Gasteiger partial charge in [0, 0.05) is 13.1 Å². The van der Waals surface area contributed by atoms with Gasteiger partial charge in [-0.15, -0.1) is 11.3 Å². The average Bonchev–Trinajstić information content (AvgIpc) is 2.87. The molecule has 1 N–H and O–H groups in total. The Morgan fingerprint density at radius 1 is 1.35 bits per heavy atom. The summed E-state index contributed by atoms with van der Waals surface area (Å²) in [6, 6.07) is 0. The van der Waals surface area contributed by atoms with Crippen LogP contribution in [0.25, 0.3) is 10.2 Å². The summed E-state index contributed by atoms with van der Waals surface area (Å²) in [4.78, 5) is 11.4. The molecule has 1 aliphatic heterocycles. The van der Waals surface area contributed by atoms with E-state index in [0.29, 0.717) is 0 Å². The number of aryl methyl sites for hydroxylation is 1. The third kappa shape index (κ3) is 2.65. The molecule has 5 heteroatoms. The smallest absolute Gasteiger partial charge is 0.150 e. The van der Waals surface area contributed by atoms with E-state index in [-0.39, 0.29) is 0 Å². The van der Waals surface area contributed by atoms with E-state index in [9.17, 15) is 0 Å². The predicted octanol–water partition coefficient (Wildman–Crippen LogP) is 2.83. The summed E-state index contributed by atoms with van der Waals surface area (Å²) >= 11 is 1.77. The van der Waals surface area contributed by atoms with Crippen LogP contribution in [0, 0.1) is 12.8 Å². The first-order valence-electron chi connectivity index (χ1n) is 7.44. The van der Waals surface area contributed by atoms with Crippen LogP contribution in [-0.4, -0.2) is 36.1 Å². The Bertz CT molecular complexity index is 572. The lowest BCUT2D eigenvalue weighted by Crippen LogP contribution is -2.37. The maximum Gasteiger partial charge on any atom is 0.150 e. The summed E-state index contributed by atoms with van der Waals surface area (Å²) in [5, 5.41) is 5.64. The van der Waals surface area contributed by atoms with Crippen molar-refractivity contribution in [1.82, 2.24) is 15.3 Å². The van der Waals surface area contributed by atoms with Gasteiger partial charge in [0.05, 0.1) is 10.2 Å².